The molecule has 0 unspecified atom stereocenters. The molecule has 1 fully saturated rings. The molecule has 0 spiro atoms. The van der Waals surface area contributed by atoms with Crippen molar-refractivity contribution in [1.82, 2.24) is 4.90 Å². The summed E-state index contributed by atoms with van der Waals surface area (Å²) in [5.74, 6) is -3.43. The van der Waals surface area contributed by atoms with E-state index in [9.17, 15) is 19.2 Å². The third-order valence-corrected chi connectivity index (χ3v) is 5.81. The van der Waals surface area contributed by atoms with E-state index >= 15 is 0 Å². The summed E-state index contributed by atoms with van der Waals surface area (Å²) in [7, 11) is 0. The van der Waals surface area contributed by atoms with E-state index in [1.807, 2.05) is 50.3 Å². The highest BCUT2D eigenvalue weighted by atomic mass is 32.2. The van der Waals surface area contributed by atoms with Crippen LogP contribution in [0.2, 0.25) is 0 Å². The number of thioether (sulfide) groups is 1. The van der Waals surface area contributed by atoms with Gasteiger partial charge in [-0.1, -0.05) is 79.3 Å². The minimum Gasteiger partial charge on any atom is -0.460 e. The number of ether oxygens (including phenoxy) is 1. The fourth-order valence-electron chi connectivity index (χ4n) is 2.84. The van der Waals surface area contributed by atoms with Gasteiger partial charge in [0.05, 0.1) is 17.1 Å². The molecule has 0 atom stereocenters. The lowest BCUT2D eigenvalue weighted by Gasteiger charge is -2.11. The summed E-state index contributed by atoms with van der Waals surface area (Å²) < 4.78 is 5.12. The highest BCUT2D eigenvalue weighted by Gasteiger charge is 2.34. The summed E-state index contributed by atoms with van der Waals surface area (Å²) in [4.78, 5) is 52.1. The zero-order valence-electron chi connectivity index (χ0n) is 19.6. The molecule has 1 aromatic carbocycles. The van der Waals surface area contributed by atoms with Crippen molar-refractivity contribution in [3.05, 3.63) is 75.9 Å². The highest BCUT2D eigenvalue weighted by Crippen LogP contribution is 2.33. The lowest BCUT2D eigenvalue weighted by molar-refractivity contribution is -0.152. The quantitative estimate of drug-likeness (QED) is 0.0839. The Balaban J connectivity index is 2.35. The van der Waals surface area contributed by atoms with Crippen molar-refractivity contribution in [2.75, 3.05) is 6.61 Å². The molecule has 1 saturated heterocycles. The second-order valence-corrected chi connectivity index (χ2v) is 9.47. The van der Waals surface area contributed by atoms with Crippen molar-refractivity contribution in [1.29, 1.82) is 0 Å². The number of esters is 1. The summed E-state index contributed by atoms with van der Waals surface area (Å²) in [5, 5.41) is 0. The number of carbonyl (C=O) groups is 4. The van der Waals surface area contributed by atoms with Gasteiger partial charge in [0.2, 0.25) is 0 Å². The Morgan fingerprint density at radius 1 is 1.12 bits per heavy atom. The van der Waals surface area contributed by atoms with Gasteiger partial charge in [-0.15, -0.1) is 0 Å². The molecule has 1 aromatic rings. The number of rotatable bonds is 10. The number of nitrogens with zero attached hydrogens (tertiary/aromatic N) is 1. The van der Waals surface area contributed by atoms with Crippen molar-refractivity contribution < 1.29 is 23.9 Å². The number of hydrogen-bond acceptors (Lipinski definition) is 7. The molecular weight excluding hydrogens is 470 g/mol. The van der Waals surface area contributed by atoms with E-state index in [-0.39, 0.29) is 10.9 Å². The predicted molar refractivity (Wildman–Crippen MR) is 139 cm³/mol. The first kappa shape index (κ1) is 27.1. The van der Waals surface area contributed by atoms with Crippen LogP contribution in [0.15, 0.2) is 70.3 Å². The maximum Gasteiger partial charge on any atom is 0.379 e. The summed E-state index contributed by atoms with van der Waals surface area (Å²) >= 11 is 6.37. The van der Waals surface area contributed by atoms with E-state index < -0.39 is 29.0 Å². The fourth-order valence-corrected chi connectivity index (χ4v) is 4.10. The molecule has 0 aromatic heterocycles. The molecule has 0 N–H and O–H groups in total. The Morgan fingerprint density at radius 2 is 1.79 bits per heavy atom. The van der Waals surface area contributed by atoms with Crippen molar-refractivity contribution in [3.63, 3.8) is 0 Å². The molecule has 1 aliphatic heterocycles. The van der Waals surface area contributed by atoms with Gasteiger partial charge in [-0.3, -0.25) is 19.3 Å². The average molecular weight is 498 g/mol. The largest absolute Gasteiger partial charge is 0.460 e. The van der Waals surface area contributed by atoms with Gasteiger partial charge in [-0.05, 0) is 50.5 Å². The Labute approximate surface area is 209 Å². The number of benzene rings is 1. The molecule has 0 bridgehead atoms. The third-order valence-electron chi connectivity index (χ3n) is 4.48. The predicted octanol–water partition coefficient (Wildman–Crippen LogP) is 5.17. The van der Waals surface area contributed by atoms with Crippen LogP contribution in [-0.2, 0) is 23.9 Å². The van der Waals surface area contributed by atoms with Crippen molar-refractivity contribution in [3.8, 4) is 0 Å². The molecule has 0 aliphatic carbocycles. The number of carbonyl (C=O) groups excluding carboxylic acids is 4. The van der Waals surface area contributed by atoms with E-state index in [0.717, 1.165) is 40.4 Å². The Morgan fingerprint density at radius 3 is 2.41 bits per heavy atom. The van der Waals surface area contributed by atoms with Crippen LogP contribution in [0.25, 0.3) is 6.08 Å². The maximum absolute atomic E-state index is 13.0. The second kappa shape index (κ2) is 13.0. The smallest absolute Gasteiger partial charge is 0.379 e. The Bertz CT molecular complexity index is 1110. The van der Waals surface area contributed by atoms with Gasteiger partial charge in [0.1, 0.15) is 0 Å². The van der Waals surface area contributed by atoms with Crippen LogP contribution in [0, 0.1) is 0 Å². The second-order valence-electron chi connectivity index (χ2n) is 7.80. The standard InChI is InChI=1S/C26H27NO5S2/c1-5-6-12-32-25(31)23(29)20(21(28)13-17(2)3)16-27-24(30)22(34-26(27)33)15-18(4)14-19-10-8-7-9-11-19/h7-11,13-16H,5-6,12H2,1-4H3/b18-14+,20-16?,22-15-. The first-order valence-electron chi connectivity index (χ1n) is 10.8. The number of ketones is 2. The van der Waals surface area contributed by atoms with E-state index in [4.69, 9.17) is 17.0 Å². The molecule has 0 saturated carbocycles. The van der Waals surface area contributed by atoms with E-state index in [1.54, 1.807) is 19.9 Å². The number of thiocarbonyl (C=S) groups is 1. The monoisotopic (exact) mass is 497 g/mol. The van der Waals surface area contributed by atoms with Gasteiger partial charge >= 0.3 is 5.97 Å². The molecule has 0 radical (unpaired) electrons. The molecule has 8 heteroatoms. The van der Waals surface area contributed by atoms with E-state index in [0.29, 0.717) is 16.9 Å². The minimum absolute atomic E-state index is 0.0714. The number of hydrogen-bond donors (Lipinski definition) is 0. The van der Waals surface area contributed by atoms with Crippen molar-refractivity contribution in [2.24, 2.45) is 0 Å². The Hall–Kier alpha value is -3.10. The number of allylic oxidation sites excluding steroid dienone is 4. The number of amides is 1. The van der Waals surface area contributed by atoms with Gasteiger partial charge in [-0.25, -0.2) is 4.79 Å². The summed E-state index contributed by atoms with van der Waals surface area (Å²) in [6.45, 7) is 7.21. The van der Waals surface area contributed by atoms with Crippen LogP contribution < -0.4 is 0 Å². The van der Waals surface area contributed by atoms with Crippen molar-refractivity contribution in [2.45, 2.75) is 40.5 Å². The fraction of sp³-hybridized carbons (Fsp3) is 0.269. The van der Waals surface area contributed by atoms with Crippen LogP contribution >= 0.6 is 24.0 Å². The van der Waals surface area contributed by atoms with Gasteiger partial charge in [0, 0.05) is 6.20 Å². The molecule has 178 valence electrons. The van der Waals surface area contributed by atoms with E-state index in [1.165, 1.54) is 6.08 Å². The zero-order valence-corrected chi connectivity index (χ0v) is 21.3. The Kier molecular flexibility index (Phi) is 10.3. The van der Waals surface area contributed by atoms with Gasteiger partial charge in [0.15, 0.2) is 10.1 Å². The third kappa shape index (κ3) is 7.74. The minimum atomic E-state index is -1.14. The highest BCUT2D eigenvalue weighted by molar-refractivity contribution is 8.26. The topological polar surface area (TPSA) is 80.8 Å². The summed E-state index contributed by atoms with van der Waals surface area (Å²) in [6.07, 6.45) is 7.25. The molecule has 1 amide bonds. The van der Waals surface area contributed by atoms with Crippen LogP contribution in [0.1, 0.15) is 46.1 Å². The van der Waals surface area contributed by atoms with E-state index in [2.05, 4.69) is 0 Å². The lowest BCUT2D eigenvalue weighted by atomic mass is 10.1. The normalized spacial score (nSPS) is 15.5. The van der Waals surface area contributed by atoms with Crippen LogP contribution in [-0.4, -0.2) is 39.3 Å². The molecule has 6 nitrogen and oxygen atoms in total. The molecule has 1 aliphatic rings. The lowest BCUT2D eigenvalue weighted by Crippen LogP contribution is -2.29. The summed E-state index contributed by atoms with van der Waals surface area (Å²) in [6, 6.07) is 9.63. The SMILES string of the molecule is CCCCOC(=O)C(=O)C(=CN1C(=O)/C(=C/C(C)=C/c2ccccc2)SC1=S)C(=O)C=C(C)C. The molecule has 1 heterocycles. The average Bonchev–Trinajstić information content (AvgIpc) is 3.03. The van der Waals surface area contributed by atoms with Crippen LogP contribution in [0.4, 0.5) is 0 Å². The van der Waals surface area contributed by atoms with Gasteiger partial charge < -0.3 is 4.74 Å². The number of Topliss-reactive ketones (excluding diaryl/α,β-unsaturated/α-hetero) is 1. The first-order chi connectivity index (χ1) is 16.1. The first-order valence-corrected chi connectivity index (χ1v) is 12.0. The van der Waals surface area contributed by atoms with Crippen LogP contribution in [0.3, 0.4) is 0 Å². The molecule has 34 heavy (non-hydrogen) atoms. The van der Waals surface area contributed by atoms with Gasteiger partial charge in [0.25, 0.3) is 11.7 Å². The molecule has 2 rings (SSSR count). The number of unbranched alkanes of at least 4 members (excludes halogenated alkanes) is 1. The summed E-state index contributed by atoms with van der Waals surface area (Å²) in [5.41, 5.74) is 1.97. The molecular formula is C26H27NO5S2. The van der Waals surface area contributed by atoms with Gasteiger partial charge in [-0.2, -0.15) is 0 Å². The van der Waals surface area contributed by atoms with Crippen molar-refractivity contribution >= 4 is 57.8 Å². The zero-order chi connectivity index (χ0) is 25.3. The maximum atomic E-state index is 13.0. The van der Waals surface area contributed by atoms with Crippen LogP contribution in [0.5, 0.6) is 0 Å².